The van der Waals surface area contributed by atoms with Gasteiger partial charge in [0.05, 0.1) is 0 Å². The first-order valence-corrected chi connectivity index (χ1v) is 12.5. The third-order valence-electron chi connectivity index (χ3n) is 7.50. The maximum absolute atomic E-state index is 12.3. The number of nitrogens with zero attached hydrogens (tertiary/aromatic N) is 2. The van der Waals surface area contributed by atoms with E-state index in [0.29, 0.717) is 18.4 Å². The Morgan fingerprint density at radius 3 is 2.90 bits per heavy atom. The average Bonchev–Trinajstić information content (AvgIpc) is 3.30. The van der Waals surface area contributed by atoms with Gasteiger partial charge in [-0.05, 0) is 55.4 Å². The fourth-order valence-electron chi connectivity index (χ4n) is 5.61. The van der Waals surface area contributed by atoms with Crippen molar-refractivity contribution in [3.8, 4) is 0 Å². The Hall–Kier alpha value is -1.12. The number of aromatic nitrogens is 1. The van der Waals surface area contributed by atoms with E-state index in [0.717, 1.165) is 47.4 Å². The number of carbonyl (C=O) groups excluding carboxylic acids is 1. The molecule has 1 amide bonds. The zero-order valence-electron chi connectivity index (χ0n) is 17.2. The molecular formula is C21H31N3O3S2. The molecule has 1 aromatic heterocycles. The molecule has 160 valence electrons. The van der Waals surface area contributed by atoms with E-state index in [1.807, 2.05) is 4.90 Å². The molecule has 0 unspecified atom stereocenters. The normalized spacial score (nSPS) is 30.4. The lowest BCUT2D eigenvalue weighted by molar-refractivity contribution is -0.128. The predicted molar refractivity (Wildman–Crippen MR) is 116 cm³/mol. The number of amides is 1. The number of nitrogens with one attached hydrogen (secondary N) is 1. The van der Waals surface area contributed by atoms with Crippen LogP contribution in [0.3, 0.4) is 0 Å². The molecule has 0 radical (unpaired) electrons. The Balaban J connectivity index is 1.21. The monoisotopic (exact) mass is 437 g/mol. The molecule has 2 bridgehead atoms. The van der Waals surface area contributed by atoms with E-state index < -0.39 is 5.97 Å². The molecule has 1 saturated heterocycles. The molecule has 0 aromatic carbocycles. The highest BCUT2D eigenvalue weighted by molar-refractivity contribution is 8.01. The van der Waals surface area contributed by atoms with Crippen LogP contribution in [-0.4, -0.2) is 58.3 Å². The molecule has 2 heterocycles. The van der Waals surface area contributed by atoms with Crippen molar-refractivity contribution in [3.63, 3.8) is 0 Å². The summed E-state index contributed by atoms with van der Waals surface area (Å²) < 4.78 is 0.752. The van der Waals surface area contributed by atoms with Crippen LogP contribution in [0.1, 0.15) is 56.4 Å². The summed E-state index contributed by atoms with van der Waals surface area (Å²) >= 11 is 2.88. The fraction of sp³-hybridized carbons (Fsp3) is 0.762. The highest BCUT2D eigenvalue weighted by Gasteiger charge is 2.53. The second-order valence-electron chi connectivity index (χ2n) is 9.29. The lowest BCUT2D eigenvalue weighted by Crippen LogP contribution is -2.54. The quantitative estimate of drug-likeness (QED) is 0.575. The minimum Gasteiger partial charge on any atom is -0.476 e. The van der Waals surface area contributed by atoms with Gasteiger partial charge in [-0.1, -0.05) is 25.6 Å². The van der Waals surface area contributed by atoms with E-state index in [2.05, 4.69) is 24.1 Å². The number of carboxylic acid groups (broad SMARTS) is 1. The Morgan fingerprint density at radius 2 is 2.21 bits per heavy atom. The third kappa shape index (κ3) is 4.35. The molecule has 4 aliphatic rings. The van der Waals surface area contributed by atoms with Crippen LogP contribution >= 0.6 is 23.1 Å². The number of rotatable bonds is 9. The van der Waals surface area contributed by atoms with Crippen LogP contribution in [0.2, 0.25) is 0 Å². The van der Waals surface area contributed by atoms with Crippen molar-refractivity contribution in [2.75, 3.05) is 25.4 Å². The van der Waals surface area contributed by atoms with E-state index in [9.17, 15) is 9.59 Å². The number of carbonyl (C=O) groups is 2. The van der Waals surface area contributed by atoms with Crippen molar-refractivity contribution in [1.82, 2.24) is 15.2 Å². The van der Waals surface area contributed by atoms with Crippen LogP contribution in [0.4, 0.5) is 0 Å². The molecule has 5 rings (SSSR count). The largest absolute Gasteiger partial charge is 0.476 e. The van der Waals surface area contributed by atoms with Gasteiger partial charge in [-0.15, -0.1) is 11.3 Å². The summed E-state index contributed by atoms with van der Waals surface area (Å²) in [7, 11) is 0. The summed E-state index contributed by atoms with van der Waals surface area (Å²) in [4.78, 5) is 29.4. The van der Waals surface area contributed by atoms with Crippen LogP contribution in [0.5, 0.6) is 0 Å². The lowest BCUT2D eigenvalue weighted by atomic mass is 9.45. The molecule has 6 nitrogen and oxygen atoms in total. The summed E-state index contributed by atoms with van der Waals surface area (Å²) in [5.41, 5.74) is 0.619. The summed E-state index contributed by atoms with van der Waals surface area (Å²) in [5.74, 6) is 2.57. The van der Waals surface area contributed by atoms with Crippen molar-refractivity contribution in [2.24, 2.45) is 23.2 Å². The van der Waals surface area contributed by atoms with Gasteiger partial charge in [0.15, 0.2) is 10.0 Å². The maximum atomic E-state index is 12.3. The van der Waals surface area contributed by atoms with Crippen LogP contribution in [-0.2, 0) is 4.79 Å². The number of fused-ring (bicyclic) bond motifs is 2. The van der Waals surface area contributed by atoms with Crippen molar-refractivity contribution in [2.45, 2.75) is 56.3 Å². The molecule has 8 heteroatoms. The highest BCUT2D eigenvalue weighted by atomic mass is 32.2. The van der Waals surface area contributed by atoms with Crippen LogP contribution in [0, 0.1) is 23.2 Å². The predicted octanol–water partition coefficient (Wildman–Crippen LogP) is 3.59. The molecule has 3 aliphatic carbocycles. The second kappa shape index (κ2) is 8.55. The van der Waals surface area contributed by atoms with Gasteiger partial charge in [0.1, 0.15) is 0 Å². The van der Waals surface area contributed by atoms with Gasteiger partial charge in [-0.3, -0.25) is 4.79 Å². The average molecular weight is 438 g/mol. The van der Waals surface area contributed by atoms with Gasteiger partial charge >= 0.3 is 5.97 Å². The summed E-state index contributed by atoms with van der Waals surface area (Å²) in [5, 5.41) is 14.2. The zero-order valence-corrected chi connectivity index (χ0v) is 18.9. The Kier molecular flexibility index (Phi) is 6.23. The summed E-state index contributed by atoms with van der Waals surface area (Å²) in [6.07, 6.45) is 5.70. The lowest BCUT2D eigenvalue weighted by Gasteiger charge is -2.60. The number of carboxylic acids is 1. The topological polar surface area (TPSA) is 82.5 Å². The number of likely N-dealkylation sites (tertiary alicyclic amines) is 1. The SMILES string of the molecule is CC1(C)[C@H]2CC[C@@H](CNC[C@H]3CCC(=O)N3CCSc3nc(C(=O)O)cs3)[C@H]1C2. The van der Waals surface area contributed by atoms with E-state index in [-0.39, 0.29) is 17.6 Å². The fourth-order valence-corrected chi connectivity index (χ4v) is 7.42. The van der Waals surface area contributed by atoms with Gasteiger partial charge in [0.2, 0.25) is 5.91 Å². The van der Waals surface area contributed by atoms with E-state index >= 15 is 0 Å². The molecule has 29 heavy (non-hydrogen) atoms. The first-order valence-electron chi connectivity index (χ1n) is 10.7. The van der Waals surface area contributed by atoms with Crippen molar-refractivity contribution in [1.29, 1.82) is 0 Å². The molecule has 1 aromatic rings. The minimum atomic E-state index is -0.993. The summed E-state index contributed by atoms with van der Waals surface area (Å²) in [6, 6.07) is 0.278. The summed E-state index contributed by atoms with van der Waals surface area (Å²) in [6.45, 7) is 7.53. The standard InChI is InChI=1S/C21H31N3O3S2/c1-21(2)14-4-3-13(16(21)9-14)10-22-11-15-5-6-18(25)24(15)7-8-28-20-23-17(12-29-20)19(26)27/h12-16,22H,3-11H2,1-2H3,(H,26,27)/t13-,14-,15+,16+/m0/s1. The number of hydrogen-bond acceptors (Lipinski definition) is 6. The van der Waals surface area contributed by atoms with Gasteiger partial charge in [0.25, 0.3) is 0 Å². The van der Waals surface area contributed by atoms with Crippen LogP contribution < -0.4 is 5.32 Å². The second-order valence-corrected chi connectivity index (χ2v) is 11.5. The number of aromatic carboxylic acids is 1. The Bertz CT molecular complexity index is 764. The van der Waals surface area contributed by atoms with Gasteiger partial charge in [-0.2, -0.15) is 0 Å². The van der Waals surface area contributed by atoms with E-state index in [1.54, 1.807) is 5.38 Å². The van der Waals surface area contributed by atoms with E-state index in [1.165, 1.54) is 42.4 Å². The zero-order chi connectivity index (χ0) is 20.6. The minimum absolute atomic E-state index is 0.0977. The molecule has 4 fully saturated rings. The van der Waals surface area contributed by atoms with Crippen molar-refractivity contribution >= 4 is 35.0 Å². The first kappa shape index (κ1) is 21.1. The molecule has 0 spiro atoms. The van der Waals surface area contributed by atoms with Crippen molar-refractivity contribution < 1.29 is 14.7 Å². The van der Waals surface area contributed by atoms with E-state index in [4.69, 9.17) is 5.11 Å². The van der Waals surface area contributed by atoms with Gasteiger partial charge < -0.3 is 15.3 Å². The molecule has 4 atom stereocenters. The first-order chi connectivity index (χ1) is 13.9. The maximum Gasteiger partial charge on any atom is 0.355 e. The molecular weight excluding hydrogens is 406 g/mol. The third-order valence-corrected chi connectivity index (χ3v) is 9.50. The number of thiazole rings is 1. The van der Waals surface area contributed by atoms with Crippen LogP contribution in [0.25, 0.3) is 0 Å². The van der Waals surface area contributed by atoms with Gasteiger partial charge in [0, 0.05) is 36.7 Å². The van der Waals surface area contributed by atoms with Crippen molar-refractivity contribution in [3.05, 3.63) is 11.1 Å². The molecule has 2 N–H and O–H groups in total. The molecule has 1 aliphatic heterocycles. The smallest absolute Gasteiger partial charge is 0.355 e. The Labute approximate surface area is 180 Å². The number of hydrogen-bond donors (Lipinski definition) is 2. The molecule has 3 saturated carbocycles. The van der Waals surface area contributed by atoms with Gasteiger partial charge in [-0.25, -0.2) is 9.78 Å². The Morgan fingerprint density at radius 1 is 1.38 bits per heavy atom. The number of thioether (sulfide) groups is 1. The van der Waals surface area contributed by atoms with Crippen LogP contribution in [0.15, 0.2) is 9.72 Å². The highest BCUT2D eigenvalue weighted by Crippen LogP contribution is 2.61.